The second-order valence-electron chi connectivity index (χ2n) is 3.95. The van der Waals surface area contributed by atoms with Crippen LogP contribution in [0.2, 0.25) is 0 Å². The second kappa shape index (κ2) is 5.09. The van der Waals surface area contributed by atoms with Crippen molar-refractivity contribution in [1.82, 2.24) is 9.97 Å². The van der Waals surface area contributed by atoms with Crippen molar-refractivity contribution >= 4 is 17.9 Å². The molecule has 6 heteroatoms. The van der Waals surface area contributed by atoms with Gasteiger partial charge in [0.1, 0.15) is 11.5 Å². The third-order valence-corrected chi connectivity index (χ3v) is 2.47. The summed E-state index contributed by atoms with van der Waals surface area (Å²) < 4.78 is 26.4. The average molecular weight is 263 g/mol. The molecule has 0 unspecified atom stereocenters. The van der Waals surface area contributed by atoms with Crippen molar-refractivity contribution in [3.8, 4) is 0 Å². The van der Waals surface area contributed by atoms with Gasteiger partial charge in [-0.3, -0.25) is 14.7 Å². The molecule has 0 aliphatic heterocycles. The molecule has 2 heterocycles. The average Bonchev–Trinajstić information content (AvgIpc) is 2.40. The van der Waals surface area contributed by atoms with E-state index in [2.05, 4.69) is 9.97 Å². The molecular formula is C13H11F2N3O. The predicted molar refractivity (Wildman–Crippen MR) is 66.2 cm³/mol. The van der Waals surface area contributed by atoms with Crippen LogP contribution in [0.1, 0.15) is 12.6 Å². The zero-order chi connectivity index (χ0) is 13.9. The minimum absolute atomic E-state index is 0.292. The maximum absolute atomic E-state index is 13.2. The quantitative estimate of drug-likeness (QED) is 0.797. The minimum Gasteiger partial charge on any atom is -0.278 e. The van der Waals surface area contributed by atoms with E-state index in [1.54, 1.807) is 18.2 Å². The van der Waals surface area contributed by atoms with Crippen LogP contribution in [0.25, 0.3) is 0 Å². The topological polar surface area (TPSA) is 46.1 Å². The summed E-state index contributed by atoms with van der Waals surface area (Å²) in [5.74, 6) is -2.71. The number of pyridine rings is 2. The third-order valence-electron chi connectivity index (χ3n) is 2.47. The molecule has 0 saturated heterocycles. The lowest BCUT2D eigenvalue weighted by Crippen LogP contribution is -2.17. The van der Waals surface area contributed by atoms with Crippen LogP contribution in [0.15, 0.2) is 42.7 Å². The highest BCUT2D eigenvalue weighted by Gasteiger charge is 2.27. The summed E-state index contributed by atoms with van der Waals surface area (Å²) in [6.07, 6.45) is 3.28. The van der Waals surface area contributed by atoms with Gasteiger partial charge in [-0.25, -0.2) is 4.98 Å². The number of hydrogen-bond acceptors (Lipinski definition) is 3. The van der Waals surface area contributed by atoms with E-state index in [1.807, 2.05) is 0 Å². The number of carbonyl (C=O) groups is 1. The second-order valence-corrected chi connectivity index (χ2v) is 3.95. The Hall–Kier alpha value is -2.37. The molecule has 0 aliphatic carbocycles. The molecule has 4 nitrogen and oxygen atoms in total. The summed E-state index contributed by atoms with van der Waals surface area (Å²) in [4.78, 5) is 19.9. The smallest absolute Gasteiger partial charge is 0.278 e. The van der Waals surface area contributed by atoms with E-state index in [9.17, 15) is 13.6 Å². The van der Waals surface area contributed by atoms with Crippen molar-refractivity contribution < 1.29 is 13.6 Å². The Morgan fingerprint density at radius 1 is 1.21 bits per heavy atom. The first kappa shape index (κ1) is 13.1. The number of aromatic nitrogens is 2. The van der Waals surface area contributed by atoms with E-state index in [4.69, 9.17) is 0 Å². The van der Waals surface area contributed by atoms with Gasteiger partial charge in [0.2, 0.25) is 6.41 Å². The molecule has 2 aromatic rings. The summed E-state index contributed by atoms with van der Waals surface area (Å²) >= 11 is 0. The van der Waals surface area contributed by atoms with Crippen LogP contribution in [0.5, 0.6) is 0 Å². The lowest BCUT2D eigenvalue weighted by atomic mass is 10.2. The number of anilines is 2. The summed E-state index contributed by atoms with van der Waals surface area (Å²) in [5, 5.41) is 0. The van der Waals surface area contributed by atoms with Crippen LogP contribution in [0.3, 0.4) is 0 Å². The van der Waals surface area contributed by atoms with Gasteiger partial charge in [-0.2, -0.15) is 8.78 Å². The molecule has 0 atom stereocenters. The Morgan fingerprint density at radius 3 is 2.58 bits per heavy atom. The van der Waals surface area contributed by atoms with Crippen molar-refractivity contribution in [2.75, 3.05) is 4.90 Å². The largest absolute Gasteiger partial charge is 0.287 e. The number of carbonyl (C=O) groups excluding carboxylic acids is 1. The number of rotatable bonds is 4. The van der Waals surface area contributed by atoms with Gasteiger partial charge in [-0.15, -0.1) is 0 Å². The van der Waals surface area contributed by atoms with Crippen LogP contribution < -0.4 is 4.90 Å². The molecule has 19 heavy (non-hydrogen) atoms. The van der Waals surface area contributed by atoms with Crippen molar-refractivity contribution in [3.63, 3.8) is 0 Å². The van der Waals surface area contributed by atoms with E-state index >= 15 is 0 Å². The first-order valence-corrected chi connectivity index (χ1v) is 5.52. The Bertz CT molecular complexity index is 570. The van der Waals surface area contributed by atoms with Crippen molar-refractivity contribution in [2.45, 2.75) is 12.8 Å². The van der Waals surface area contributed by atoms with Crippen LogP contribution in [-0.4, -0.2) is 16.4 Å². The third kappa shape index (κ3) is 2.90. The number of amides is 1. The van der Waals surface area contributed by atoms with Crippen LogP contribution in [0.4, 0.5) is 20.3 Å². The molecule has 0 aromatic carbocycles. The monoisotopic (exact) mass is 263 g/mol. The number of nitrogens with zero attached hydrogens (tertiary/aromatic N) is 3. The zero-order valence-corrected chi connectivity index (χ0v) is 10.1. The number of halogens is 2. The SMILES string of the molecule is CC(F)(F)c1cc(N(C=O)c2ccccn2)ccn1. The highest BCUT2D eigenvalue weighted by molar-refractivity contribution is 5.84. The molecule has 98 valence electrons. The van der Waals surface area contributed by atoms with Gasteiger partial charge in [0.25, 0.3) is 5.92 Å². The molecule has 0 fully saturated rings. The molecule has 2 rings (SSSR count). The highest BCUT2D eigenvalue weighted by Crippen LogP contribution is 2.29. The summed E-state index contributed by atoms with van der Waals surface area (Å²) in [5.41, 5.74) is -0.104. The fraction of sp³-hybridized carbons (Fsp3) is 0.154. The van der Waals surface area contributed by atoms with Crippen LogP contribution in [0, 0.1) is 0 Å². The Labute approximate surface area is 108 Å². The van der Waals surface area contributed by atoms with Gasteiger partial charge >= 0.3 is 0 Å². The lowest BCUT2D eigenvalue weighted by Gasteiger charge is -2.18. The standard InChI is InChI=1S/C13H11F2N3O/c1-13(14,15)11-8-10(5-7-16-11)18(9-19)12-4-2-3-6-17-12/h2-9H,1H3. The van der Waals surface area contributed by atoms with E-state index < -0.39 is 11.6 Å². The fourth-order valence-electron chi connectivity index (χ4n) is 1.55. The summed E-state index contributed by atoms with van der Waals surface area (Å²) in [6, 6.07) is 7.65. The molecule has 0 saturated carbocycles. The Balaban J connectivity index is 2.43. The molecule has 0 radical (unpaired) electrons. The highest BCUT2D eigenvalue weighted by atomic mass is 19.3. The molecule has 1 amide bonds. The summed E-state index contributed by atoms with van der Waals surface area (Å²) in [7, 11) is 0. The molecule has 0 bridgehead atoms. The van der Waals surface area contributed by atoms with E-state index in [0.717, 1.165) is 6.92 Å². The lowest BCUT2D eigenvalue weighted by molar-refractivity contribution is -0.106. The van der Waals surface area contributed by atoms with Gasteiger partial charge < -0.3 is 0 Å². The minimum atomic E-state index is -3.06. The van der Waals surface area contributed by atoms with Crippen molar-refractivity contribution in [2.24, 2.45) is 0 Å². The fourth-order valence-corrected chi connectivity index (χ4v) is 1.55. The van der Waals surface area contributed by atoms with E-state index in [0.29, 0.717) is 17.9 Å². The molecule has 0 spiro atoms. The molecule has 2 aromatic heterocycles. The molecular weight excluding hydrogens is 252 g/mol. The zero-order valence-electron chi connectivity index (χ0n) is 10.1. The van der Waals surface area contributed by atoms with Gasteiger partial charge in [0, 0.05) is 19.3 Å². The predicted octanol–water partition coefficient (Wildman–Crippen LogP) is 2.88. The molecule has 0 N–H and O–H groups in total. The normalized spacial score (nSPS) is 11.1. The first-order valence-electron chi connectivity index (χ1n) is 5.52. The van der Waals surface area contributed by atoms with Crippen molar-refractivity contribution in [1.29, 1.82) is 0 Å². The number of alkyl halides is 2. The number of hydrogen-bond donors (Lipinski definition) is 0. The van der Waals surface area contributed by atoms with Crippen LogP contribution >= 0.6 is 0 Å². The van der Waals surface area contributed by atoms with E-state index in [-0.39, 0.29) is 0 Å². The van der Waals surface area contributed by atoms with Gasteiger partial charge in [-0.05, 0) is 24.3 Å². The van der Waals surface area contributed by atoms with Crippen LogP contribution in [-0.2, 0) is 10.7 Å². The maximum Gasteiger partial charge on any atom is 0.287 e. The Kier molecular flexibility index (Phi) is 3.50. The first-order chi connectivity index (χ1) is 9.02. The summed E-state index contributed by atoms with van der Waals surface area (Å²) in [6.45, 7) is 0.755. The maximum atomic E-state index is 13.2. The Morgan fingerprint density at radius 2 is 2.00 bits per heavy atom. The van der Waals surface area contributed by atoms with Gasteiger partial charge in [0.05, 0.1) is 5.69 Å². The van der Waals surface area contributed by atoms with E-state index in [1.165, 1.54) is 29.4 Å². The van der Waals surface area contributed by atoms with Crippen molar-refractivity contribution in [3.05, 3.63) is 48.4 Å². The van der Waals surface area contributed by atoms with Gasteiger partial charge in [-0.1, -0.05) is 6.07 Å². The molecule has 0 aliphatic rings. The van der Waals surface area contributed by atoms with Gasteiger partial charge in [0.15, 0.2) is 0 Å².